The largest absolute Gasteiger partial charge is 0.481 e. The van der Waals surface area contributed by atoms with Gasteiger partial charge in [-0.1, -0.05) is 93.8 Å². The van der Waals surface area contributed by atoms with Crippen LogP contribution < -0.4 is 10.4 Å². The van der Waals surface area contributed by atoms with Crippen molar-refractivity contribution in [1.29, 1.82) is 0 Å². The van der Waals surface area contributed by atoms with E-state index in [0.717, 1.165) is 38.1 Å². The van der Waals surface area contributed by atoms with Gasteiger partial charge in [-0.25, -0.2) is 0 Å². The van der Waals surface area contributed by atoms with Crippen LogP contribution >= 0.6 is 0 Å². The second-order valence-electron chi connectivity index (χ2n) is 10.6. The van der Waals surface area contributed by atoms with Crippen molar-refractivity contribution < 1.29 is 24.2 Å². The summed E-state index contributed by atoms with van der Waals surface area (Å²) >= 11 is 0. The average molecular weight is 497 g/mol. The van der Waals surface area contributed by atoms with E-state index < -0.39 is 26.2 Å². The van der Waals surface area contributed by atoms with Crippen LogP contribution in [-0.4, -0.2) is 37.1 Å². The lowest BCUT2D eigenvalue weighted by Crippen LogP contribution is -2.61. The number of rotatable bonds is 13. The Labute approximate surface area is 210 Å². The van der Waals surface area contributed by atoms with Crippen LogP contribution in [0.5, 0.6) is 0 Å². The summed E-state index contributed by atoms with van der Waals surface area (Å²) in [6.07, 6.45) is 7.06. The van der Waals surface area contributed by atoms with E-state index in [1.807, 2.05) is 12.1 Å². The van der Waals surface area contributed by atoms with Crippen molar-refractivity contribution in [2.24, 2.45) is 17.3 Å². The Bertz CT molecular complexity index is 885. The van der Waals surface area contributed by atoms with Gasteiger partial charge in [0.2, 0.25) is 0 Å². The number of carboxylic acids is 2. The molecule has 0 amide bonds. The Balaban J connectivity index is 1.85. The van der Waals surface area contributed by atoms with Crippen molar-refractivity contribution in [1.82, 2.24) is 0 Å². The van der Waals surface area contributed by atoms with Crippen molar-refractivity contribution in [2.45, 2.75) is 71.3 Å². The van der Waals surface area contributed by atoms with Gasteiger partial charge in [0.05, 0.1) is 0 Å². The molecule has 3 rings (SSSR count). The summed E-state index contributed by atoms with van der Waals surface area (Å²) in [5.41, 5.74) is -0.0489. The zero-order valence-electron chi connectivity index (χ0n) is 21.1. The molecule has 0 aliphatic heterocycles. The van der Waals surface area contributed by atoms with Crippen LogP contribution in [0.4, 0.5) is 0 Å². The molecular formula is C29H40O5Si. The molecule has 2 aromatic carbocycles. The second kappa shape index (κ2) is 12.5. The maximum absolute atomic E-state index is 11.5. The SMILES string of the molecule is CC(C)C[Si](OCCC1(CCC(C(=O)O)C(=O)O)CCCCC1)(c1ccccc1)c1ccccc1. The first-order valence-electron chi connectivity index (χ1n) is 13.0. The summed E-state index contributed by atoms with van der Waals surface area (Å²) in [7, 11) is -2.50. The Kier molecular flexibility index (Phi) is 9.69. The molecule has 1 fully saturated rings. The molecule has 0 spiro atoms. The third kappa shape index (κ3) is 7.04. The van der Waals surface area contributed by atoms with Gasteiger partial charge in [0, 0.05) is 6.61 Å². The third-order valence-corrected chi connectivity index (χ3v) is 12.3. The number of carbonyl (C=O) groups is 2. The van der Waals surface area contributed by atoms with Crippen molar-refractivity contribution in [3.63, 3.8) is 0 Å². The molecule has 2 aromatic rings. The van der Waals surface area contributed by atoms with Gasteiger partial charge >= 0.3 is 11.9 Å². The van der Waals surface area contributed by atoms with Gasteiger partial charge in [-0.2, -0.15) is 0 Å². The first-order valence-corrected chi connectivity index (χ1v) is 15.1. The normalized spacial score (nSPS) is 15.9. The van der Waals surface area contributed by atoms with Gasteiger partial charge in [-0.3, -0.25) is 9.59 Å². The van der Waals surface area contributed by atoms with Crippen LogP contribution in [0.2, 0.25) is 6.04 Å². The van der Waals surface area contributed by atoms with Crippen LogP contribution in [0.25, 0.3) is 0 Å². The lowest BCUT2D eigenvalue weighted by Gasteiger charge is -2.40. The molecule has 0 unspecified atom stereocenters. The molecular weight excluding hydrogens is 456 g/mol. The van der Waals surface area contributed by atoms with Gasteiger partial charge in [0.1, 0.15) is 0 Å². The molecule has 0 bridgehead atoms. The number of benzene rings is 2. The summed E-state index contributed by atoms with van der Waals surface area (Å²) in [6, 6.07) is 22.2. The van der Waals surface area contributed by atoms with E-state index in [1.54, 1.807) is 0 Å². The first kappa shape index (κ1) is 27.1. The minimum Gasteiger partial charge on any atom is -0.481 e. The van der Waals surface area contributed by atoms with E-state index >= 15 is 0 Å². The quantitative estimate of drug-likeness (QED) is 0.289. The molecule has 1 aliphatic carbocycles. The monoisotopic (exact) mass is 496 g/mol. The maximum atomic E-state index is 11.5. The Morgan fingerprint density at radius 1 is 0.857 bits per heavy atom. The highest BCUT2D eigenvalue weighted by atomic mass is 28.4. The van der Waals surface area contributed by atoms with Crippen LogP contribution in [0.1, 0.15) is 65.2 Å². The number of hydrogen-bond acceptors (Lipinski definition) is 3. The fourth-order valence-electron chi connectivity index (χ4n) is 5.79. The van der Waals surface area contributed by atoms with E-state index in [1.165, 1.54) is 16.8 Å². The van der Waals surface area contributed by atoms with Gasteiger partial charge < -0.3 is 14.6 Å². The van der Waals surface area contributed by atoms with E-state index in [-0.39, 0.29) is 11.8 Å². The topological polar surface area (TPSA) is 83.8 Å². The molecule has 35 heavy (non-hydrogen) atoms. The highest BCUT2D eigenvalue weighted by Crippen LogP contribution is 2.44. The predicted molar refractivity (Wildman–Crippen MR) is 142 cm³/mol. The lowest BCUT2D eigenvalue weighted by molar-refractivity contribution is -0.155. The Morgan fingerprint density at radius 3 is 1.83 bits per heavy atom. The van der Waals surface area contributed by atoms with E-state index in [9.17, 15) is 19.8 Å². The zero-order chi connectivity index (χ0) is 25.3. The maximum Gasteiger partial charge on any atom is 0.317 e. The number of carboxylic acid groups (broad SMARTS) is 2. The molecule has 0 aromatic heterocycles. The summed E-state index contributed by atoms with van der Waals surface area (Å²) in [6.45, 7) is 5.10. The molecule has 190 valence electrons. The van der Waals surface area contributed by atoms with Crippen LogP contribution in [-0.2, 0) is 14.0 Å². The molecule has 1 aliphatic rings. The highest BCUT2D eigenvalue weighted by molar-refractivity contribution is 6.97. The van der Waals surface area contributed by atoms with Gasteiger partial charge in [-0.05, 0) is 59.9 Å². The van der Waals surface area contributed by atoms with Crippen molar-refractivity contribution in [2.75, 3.05) is 6.61 Å². The van der Waals surface area contributed by atoms with Gasteiger partial charge in [-0.15, -0.1) is 0 Å². The lowest BCUT2D eigenvalue weighted by atomic mass is 9.68. The summed E-state index contributed by atoms with van der Waals surface area (Å²) < 4.78 is 7.05. The molecule has 5 nitrogen and oxygen atoms in total. The van der Waals surface area contributed by atoms with Gasteiger partial charge in [0.25, 0.3) is 8.32 Å². The van der Waals surface area contributed by atoms with Gasteiger partial charge in [0.15, 0.2) is 5.92 Å². The Morgan fingerprint density at radius 2 is 1.37 bits per heavy atom. The van der Waals surface area contributed by atoms with Crippen molar-refractivity contribution in [3.05, 3.63) is 60.7 Å². The summed E-state index contributed by atoms with van der Waals surface area (Å²) in [5, 5.41) is 21.3. The molecule has 6 heteroatoms. The standard InChI is InChI=1S/C29H40O5Si/c1-23(2)22-35(24-12-6-3-7-13-24,25-14-8-4-9-15-25)34-21-20-29(17-10-5-11-18-29)19-16-26(27(30)31)28(32)33/h3-4,6-9,12-15,23,26H,5,10-11,16-22H2,1-2H3,(H,30,31)(H,32,33). The predicted octanol–water partition coefficient (Wildman–Crippen LogP) is 5.33. The zero-order valence-corrected chi connectivity index (χ0v) is 22.1. The smallest absolute Gasteiger partial charge is 0.317 e. The first-order chi connectivity index (χ1) is 16.8. The second-order valence-corrected chi connectivity index (χ2v) is 14.1. The number of aliphatic carboxylic acids is 2. The molecule has 1 saturated carbocycles. The molecule has 0 heterocycles. The minimum absolute atomic E-state index is 0.0489. The molecule has 2 N–H and O–H groups in total. The molecule has 0 saturated heterocycles. The van der Waals surface area contributed by atoms with Crippen LogP contribution in [0.3, 0.4) is 0 Å². The molecule has 0 atom stereocenters. The minimum atomic E-state index is -2.50. The van der Waals surface area contributed by atoms with Crippen LogP contribution in [0, 0.1) is 17.3 Å². The fraction of sp³-hybridized carbons (Fsp3) is 0.517. The molecule has 0 radical (unpaired) electrons. The summed E-state index contributed by atoms with van der Waals surface area (Å²) in [4.78, 5) is 23.0. The van der Waals surface area contributed by atoms with Crippen LogP contribution in [0.15, 0.2) is 60.7 Å². The Hall–Kier alpha value is -2.44. The number of hydrogen-bond donors (Lipinski definition) is 2. The third-order valence-electron chi connectivity index (χ3n) is 7.63. The fourth-order valence-corrected chi connectivity index (χ4v) is 10.1. The summed E-state index contributed by atoms with van der Waals surface area (Å²) in [5.74, 6) is -3.34. The van der Waals surface area contributed by atoms with E-state index in [0.29, 0.717) is 18.9 Å². The van der Waals surface area contributed by atoms with Crippen molar-refractivity contribution >= 4 is 30.6 Å². The van der Waals surface area contributed by atoms with Crippen molar-refractivity contribution in [3.8, 4) is 0 Å². The average Bonchev–Trinajstić information content (AvgIpc) is 2.84. The van der Waals surface area contributed by atoms with E-state index in [2.05, 4.69) is 62.4 Å². The van der Waals surface area contributed by atoms with E-state index in [4.69, 9.17) is 4.43 Å². The highest BCUT2D eigenvalue weighted by Gasteiger charge is 2.41.